The SMILES string of the molecule is CC(O)CCC[C@@H]1CCCCC[C@@H](O)C[C@H](O)[C@H](O)/C=C/C(=O)O1. The Kier molecular flexibility index (Phi) is 10.2. The highest BCUT2D eigenvalue weighted by molar-refractivity contribution is 5.82. The molecule has 0 radical (unpaired) electrons. The van der Waals surface area contributed by atoms with Crippen molar-refractivity contribution < 1.29 is 30.0 Å². The molecule has 0 saturated heterocycles. The Hall–Kier alpha value is -0.950. The van der Waals surface area contributed by atoms with Crippen molar-refractivity contribution in [3.05, 3.63) is 12.2 Å². The van der Waals surface area contributed by atoms with E-state index in [0.717, 1.165) is 38.2 Å². The van der Waals surface area contributed by atoms with Crippen LogP contribution in [0, 0.1) is 0 Å². The second-order valence-corrected chi connectivity index (χ2v) is 6.78. The predicted octanol–water partition coefficient (Wildman–Crippen LogP) is 1.44. The lowest BCUT2D eigenvalue weighted by Crippen LogP contribution is -2.29. The second kappa shape index (κ2) is 11.6. The molecule has 1 aliphatic heterocycles. The molecule has 6 nitrogen and oxygen atoms in total. The van der Waals surface area contributed by atoms with Crippen LogP contribution in [-0.2, 0) is 9.53 Å². The Labute approximate surface area is 144 Å². The summed E-state index contributed by atoms with van der Waals surface area (Å²) in [4.78, 5) is 11.9. The molecule has 0 fully saturated rings. The van der Waals surface area contributed by atoms with Crippen LogP contribution < -0.4 is 0 Å². The summed E-state index contributed by atoms with van der Waals surface area (Å²) in [5.74, 6) is -0.541. The van der Waals surface area contributed by atoms with E-state index in [2.05, 4.69) is 0 Å². The van der Waals surface area contributed by atoms with Crippen LogP contribution in [0.2, 0.25) is 0 Å². The molecule has 6 heteroatoms. The van der Waals surface area contributed by atoms with E-state index in [1.807, 2.05) is 0 Å². The summed E-state index contributed by atoms with van der Waals surface area (Å²) in [6.45, 7) is 1.74. The third-order valence-corrected chi connectivity index (χ3v) is 4.33. The molecular formula is C18H32O6. The monoisotopic (exact) mass is 344 g/mol. The van der Waals surface area contributed by atoms with Crippen LogP contribution in [0.15, 0.2) is 12.2 Å². The number of hydrogen-bond donors (Lipinski definition) is 4. The molecule has 1 rings (SSSR count). The number of esters is 1. The van der Waals surface area contributed by atoms with Gasteiger partial charge in [-0.3, -0.25) is 0 Å². The van der Waals surface area contributed by atoms with Crippen LogP contribution in [-0.4, -0.2) is 56.9 Å². The van der Waals surface area contributed by atoms with Gasteiger partial charge in [0, 0.05) is 12.5 Å². The lowest BCUT2D eigenvalue weighted by molar-refractivity contribution is -0.143. The van der Waals surface area contributed by atoms with Gasteiger partial charge in [0.05, 0.1) is 24.4 Å². The lowest BCUT2D eigenvalue weighted by atomic mass is 9.99. The molecule has 0 aromatic heterocycles. The number of ether oxygens (including phenoxy) is 1. The van der Waals surface area contributed by atoms with Gasteiger partial charge in [-0.1, -0.05) is 12.8 Å². The average molecular weight is 344 g/mol. The number of cyclic esters (lactones) is 1. The Morgan fingerprint density at radius 1 is 1.21 bits per heavy atom. The zero-order chi connectivity index (χ0) is 17.9. The van der Waals surface area contributed by atoms with Crippen LogP contribution in [0.5, 0.6) is 0 Å². The van der Waals surface area contributed by atoms with E-state index in [-0.39, 0.29) is 18.6 Å². The first-order chi connectivity index (χ1) is 11.4. The summed E-state index contributed by atoms with van der Waals surface area (Å²) < 4.78 is 5.43. The van der Waals surface area contributed by atoms with Gasteiger partial charge in [0.2, 0.25) is 0 Å². The fraction of sp³-hybridized carbons (Fsp3) is 0.833. The van der Waals surface area contributed by atoms with Crippen molar-refractivity contribution >= 4 is 5.97 Å². The molecule has 4 N–H and O–H groups in total. The molecule has 0 aliphatic carbocycles. The number of carbonyl (C=O) groups excluding carboxylic acids is 1. The zero-order valence-corrected chi connectivity index (χ0v) is 14.5. The van der Waals surface area contributed by atoms with Crippen molar-refractivity contribution in [3.63, 3.8) is 0 Å². The fourth-order valence-electron chi connectivity index (χ4n) is 2.88. The van der Waals surface area contributed by atoms with E-state index >= 15 is 0 Å². The smallest absolute Gasteiger partial charge is 0.330 e. The minimum absolute atomic E-state index is 0.0858. The molecular weight excluding hydrogens is 312 g/mol. The molecule has 1 unspecified atom stereocenters. The van der Waals surface area contributed by atoms with E-state index in [1.54, 1.807) is 6.92 Å². The van der Waals surface area contributed by atoms with Gasteiger partial charge in [-0.25, -0.2) is 4.79 Å². The number of aliphatic hydroxyl groups excluding tert-OH is 4. The van der Waals surface area contributed by atoms with Crippen molar-refractivity contribution in [2.24, 2.45) is 0 Å². The Balaban J connectivity index is 2.63. The standard InChI is InChI=1S/C18H32O6/c1-13(19)6-5-9-15-8-4-2-3-7-14(20)12-17(22)16(21)10-11-18(23)24-15/h10-11,13-17,19-22H,2-9,12H2,1H3/b11-10+/t13?,14-,15+,16-,17+/m1/s1. The highest BCUT2D eigenvalue weighted by atomic mass is 16.5. The number of carbonyl (C=O) groups is 1. The van der Waals surface area contributed by atoms with Crippen LogP contribution in [0.25, 0.3) is 0 Å². The third-order valence-electron chi connectivity index (χ3n) is 4.33. The number of aliphatic hydroxyl groups is 4. The van der Waals surface area contributed by atoms with Crippen molar-refractivity contribution in [1.82, 2.24) is 0 Å². The number of rotatable bonds is 4. The van der Waals surface area contributed by atoms with E-state index in [4.69, 9.17) is 4.74 Å². The van der Waals surface area contributed by atoms with Crippen molar-refractivity contribution in [2.75, 3.05) is 0 Å². The first kappa shape index (κ1) is 21.1. The summed E-state index contributed by atoms with van der Waals surface area (Å²) in [6, 6.07) is 0. The largest absolute Gasteiger partial charge is 0.459 e. The van der Waals surface area contributed by atoms with Crippen LogP contribution in [0.4, 0.5) is 0 Å². The third kappa shape index (κ3) is 9.37. The highest BCUT2D eigenvalue weighted by Crippen LogP contribution is 2.18. The average Bonchev–Trinajstić information content (AvgIpc) is 2.50. The van der Waals surface area contributed by atoms with Gasteiger partial charge in [-0.05, 0) is 51.5 Å². The normalized spacial score (nSPS) is 33.3. The molecule has 5 atom stereocenters. The van der Waals surface area contributed by atoms with E-state index in [0.29, 0.717) is 19.3 Å². The minimum Gasteiger partial charge on any atom is -0.459 e. The second-order valence-electron chi connectivity index (χ2n) is 6.78. The molecule has 0 saturated carbocycles. The first-order valence-electron chi connectivity index (χ1n) is 8.99. The molecule has 140 valence electrons. The van der Waals surface area contributed by atoms with Crippen LogP contribution in [0.1, 0.15) is 64.7 Å². The Morgan fingerprint density at radius 3 is 2.62 bits per heavy atom. The lowest BCUT2D eigenvalue weighted by Gasteiger charge is -2.20. The topological polar surface area (TPSA) is 107 Å². The molecule has 0 bridgehead atoms. The molecule has 0 aromatic carbocycles. The van der Waals surface area contributed by atoms with Crippen molar-refractivity contribution in [1.29, 1.82) is 0 Å². The molecule has 0 spiro atoms. The van der Waals surface area contributed by atoms with Gasteiger partial charge in [0.1, 0.15) is 6.10 Å². The van der Waals surface area contributed by atoms with Crippen molar-refractivity contribution in [2.45, 2.75) is 95.2 Å². The quantitative estimate of drug-likeness (QED) is 0.575. The Morgan fingerprint density at radius 2 is 1.92 bits per heavy atom. The van der Waals surface area contributed by atoms with Gasteiger partial charge < -0.3 is 25.2 Å². The maximum atomic E-state index is 11.9. The van der Waals surface area contributed by atoms with Gasteiger partial charge in [0.25, 0.3) is 0 Å². The summed E-state index contributed by atoms with van der Waals surface area (Å²) in [6.07, 6.45) is 5.00. The maximum absolute atomic E-state index is 11.9. The van der Waals surface area contributed by atoms with Gasteiger partial charge in [-0.2, -0.15) is 0 Å². The van der Waals surface area contributed by atoms with Gasteiger partial charge in [-0.15, -0.1) is 0 Å². The summed E-state index contributed by atoms with van der Waals surface area (Å²) in [7, 11) is 0. The Bertz CT molecular complexity index is 382. The predicted molar refractivity (Wildman–Crippen MR) is 90.3 cm³/mol. The summed E-state index contributed by atoms with van der Waals surface area (Å²) >= 11 is 0. The first-order valence-corrected chi connectivity index (χ1v) is 8.99. The molecule has 0 aromatic rings. The zero-order valence-electron chi connectivity index (χ0n) is 14.5. The van der Waals surface area contributed by atoms with Crippen LogP contribution >= 0.6 is 0 Å². The summed E-state index contributed by atoms with van der Waals surface area (Å²) in [5.41, 5.74) is 0. The van der Waals surface area contributed by atoms with E-state index in [9.17, 15) is 25.2 Å². The minimum atomic E-state index is -1.20. The van der Waals surface area contributed by atoms with Gasteiger partial charge >= 0.3 is 5.97 Å². The summed E-state index contributed by atoms with van der Waals surface area (Å²) in [5, 5.41) is 38.8. The fourth-order valence-corrected chi connectivity index (χ4v) is 2.88. The maximum Gasteiger partial charge on any atom is 0.330 e. The van der Waals surface area contributed by atoms with E-state index in [1.165, 1.54) is 6.08 Å². The van der Waals surface area contributed by atoms with Crippen LogP contribution in [0.3, 0.4) is 0 Å². The molecule has 1 heterocycles. The molecule has 1 aliphatic rings. The molecule has 0 amide bonds. The molecule has 24 heavy (non-hydrogen) atoms. The van der Waals surface area contributed by atoms with Gasteiger partial charge in [0.15, 0.2) is 0 Å². The highest BCUT2D eigenvalue weighted by Gasteiger charge is 2.20. The number of hydrogen-bond acceptors (Lipinski definition) is 6. The van der Waals surface area contributed by atoms with Crippen molar-refractivity contribution in [3.8, 4) is 0 Å². The van der Waals surface area contributed by atoms with E-state index < -0.39 is 24.3 Å².